The zero-order valence-electron chi connectivity index (χ0n) is 14.0. The van der Waals surface area contributed by atoms with E-state index in [4.69, 9.17) is 0 Å². The molecule has 2 N–H and O–H groups in total. The Kier molecular flexibility index (Phi) is 3.69. The zero-order valence-corrected chi connectivity index (χ0v) is 14.0. The quantitative estimate of drug-likeness (QED) is 0.775. The SMILES string of the molecule is CC(C)c1nc2c(c(=O)[nH]1)CN(Cc1c[nH]c3ncccc13)CC2. The average molecular weight is 323 g/mol. The molecule has 0 aromatic carbocycles. The van der Waals surface area contributed by atoms with Crippen molar-refractivity contribution in [2.75, 3.05) is 6.54 Å². The van der Waals surface area contributed by atoms with Gasteiger partial charge in [-0.1, -0.05) is 13.8 Å². The van der Waals surface area contributed by atoms with Gasteiger partial charge in [0.25, 0.3) is 5.56 Å². The van der Waals surface area contributed by atoms with Crippen LogP contribution in [0.1, 0.15) is 42.4 Å². The normalized spacial score (nSPS) is 15.1. The van der Waals surface area contributed by atoms with E-state index >= 15 is 0 Å². The molecular weight excluding hydrogens is 302 g/mol. The van der Waals surface area contributed by atoms with Gasteiger partial charge in [0.15, 0.2) is 0 Å². The summed E-state index contributed by atoms with van der Waals surface area (Å²) in [5, 5.41) is 1.14. The van der Waals surface area contributed by atoms with Gasteiger partial charge in [0.05, 0.1) is 11.3 Å². The van der Waals surface area contributed by atoms with Crippen LogP contribution in [0.4, 0.5) is 0 Å². The van der Waals surface area contributed by atoms with Gasteiger partial charge in [-0.25, -0.2) is 9.97 Å². The molecule has 0 unspecified atom stereocenters. The first-order valence-electron chi connectivity index (χ1n) is 8.37. The van der Waals surface area contributed by atoms with E-state index in [1.54, 1.807) is 6.20 Å². The van der Waals surface area contributed by atoms with Crippen LogP contribution in [0, 0.1) is 0 Å². The summed E-state index contributed by atoms with van der Waals surface area (Å²) in [6.45, 7) is 6.45. The van der Waals surface area contributed by atoms with Crippen molar-refractivity contribution < 1.29 is 0 Å². The molecule has 1 aliphatic heterocycles. The standard InChI is InChI=1S/C18H21N5O/c1-11(2)16-21-15-5-7-23(10-14(15)18(24)22-16)9-12-8-20-17-13(12)4-3-6-19-17/h3-4,6,8,11H,5,7,9-10H2,1-2H3,(H,19,20)(H,21,22,24). The van der Waals surface area contributed by atoms with Crippen molar-refractivity contribution in [3.63, 3.8) is 0 Å². The van der Waals surface area contributed by atoms with E-state index in [1.165, 1.54) is 5.56 Å². The van der Waals surface area contributed by atoms with Crippen LogP contribution < -0.4 is 5.56 Å². The van der Waals surface area contributed by atoms with Crippen LogP contribution in [0.15, 0.2) is 29.3 Å². The van der Waals surface area contributed by atoms with E-state index in [-0.39, 0.29) is 11.5 Å². The number of H-pyrrole nitrogens is 2. The minimum atomic E-state index is 0.00833. The number of rotatable bonds is 3. The number of nitrogens with one attached hydrogen (secondary N) is 2. The lowest BCUT2D eigenvalue weighted by Crippen LogP contribution is -2.35. The molecule has 124 valence electrons. The fraction of sp³-hybridized carbons (Fsp3) is 0.389. The van der Waals surface area contributed by atoms with Crippen LogP contribution in [-0.4, -0.2) is 31.4 Å². The zero-order chi connectivity index (χ0) is 16.7. The molecule has 0 aliphatic carbocycles. The van der Waals surface area contributed by atoms with Crippen molar-refractivity contribution in [3.8, 4) is 0 Å². The molecule has 0 fully saturated rings. The first kappa shape index (κ1) is 15.1. The Morgan fingerprint density at radius 2 is 2.25 bits per heavy atom. The van der Waals surface area contributed by atoms with E-state index < -0.39 is 0 Å². The Balaban J connectivity index is 1.59. The van der Waals surface area contributed by atoms with E-state index in [1.807, 2.05) is 26.1 Å². The molecule has 3 aromatic rings. The maximum Gasteiger partial charge on any atom is 0.255 e. The van der Waals surface area contributed by atoms with Gasteiger partial charge < -0.3 is 9.97 Å². The molecule has 6 nitrogen and oxygen atoms in total. The number of nitrogens with zero attached hydrogens (tertiary/aromatic N) is 3. The number of pyridine rings is 1. The fourth-order valence-corrected chi connectivity index (χ4v) is 3.29. The van der Waals surface area contributed by atoms with Crippen molar-refractivity contribution in [1.82, 2.24) is 24.8 Å². The van der Waals surface area contributed by atoms with Crippen molar-refractivity contribution in [3.05, 3.63) is 57.5 Å². The highest BCUT2D eigenvalue weighted by atomic mass is 16.1. The summed E-state index contributed by atoms with van der Waals surface area (Å²) in [7, 11) is 0. The summed E-state index contributed by atoms with van der Waals surface area (Å²) in [6, 6.07) is 4.03. The molecule has 4 rings (SSSR count). The maximum atomic E-state index is 12.4. The first-order valence-corrected chi connectivity index (χ1v) is 8.37. The minimum Gasteiger partial charge on any atom is -0.346 e. The molecule has 24 heavy (non-hydrogen) atoms. The largest absolute Gasteiger partial charge is 0.346 e. The molecule has 1 aliphatic rings. The highest BCUT2D eigenvalue weighted by Crippen LogP contribution is 2.21. The Bertz CT molecular complexity index is 940. The Labute approximate surface area is 140 Å². The van der Waals surface area contributed by atoms with Crippen LogP contribution in [0.5, 0.6) is 0 Å². The molecule has 0 saturated heterocycles. The smallest absolute Gasteiger partial charge is 0.255 e. The Morgan fingerprint density at radius 1 is 1.38 bits per heavy atom. The summed E-state index contributed by atoms with van der Waals surface area (Å²) < 4.78 is 0. The molecule has 0 amide bonds. The monoisotopic (exact) mass is 323 g/mol. The van der Waals surface area contributed by atoms with Gasteiger partial charge in [-0.2, -0.15) is 0 Å². The molecule has 0 spiro atoms. The summed E-state index contributed by atoms with van der Waals surface area (Å²) in [5.74, 6) is 1.02. The van der Waals surface area contributed by atoms with E-state index in [0.29, 0.717) is 6.54 Å². The predicted octanol–water partition coefficient (Wildman–Crippen LogP) is 2.33. The summed E-state index contributed by atoms with van der Waals surface area (Å²) in [5.41, 5.74) is 3.90. The molecule has 0 bridgehead atoms. The van der Waals surface area contributed by atoms with Gasteiger partial charge in [0, 0.05) is 49.8 Å². The third kappa shape index (κ3) is 2.63. The van der Waals surface area contributed by atoms with Gasteiger partial charge in [0.1, 0.15) is 11.5 Å². The lowest BCUT2D eigenvalue weighted by Gasteiger charge is -2.27. The third-order valence-corrected chi connectivity index (χ3v) is 4.64. The van der Waals surface area contributed by atoms with Crippen molar-refractivity contribution in [2.45, 2.75) is 39.3 Å². The van der Waals surface area contributed by atoms with Crippen LogP contribution in [0.2, 0.25) is 0 Å². The van der Waals surface area contributed by atoms with E-state index in [9.17, 15) is 4.79 Å². The van der Waals surface area contributed by atoms with Crippen LogP contribution in [0.25, 0.3) is 11.0 Å². The molecule has 3 aromatic heterocycles. The molecule has 0 radical (unpaired) electrons. The molecular formula is C18H21N5O. The Morgan fingerprint density at radius 3 is 3.08 bits per heavy atom. The second-order valence-corrected chi connectivity index (χ2v) is 6.71. The Hall–Kier alpha value is -2.47. The first-order chi connectivity index (χ1) is 11.6. The number of hydrogen-bond acceptors (Lipinski definition) is 4. The van der Waals surface area contributed by atoms with Gasteiger partial charge in [-0.05, 0) is 17.7 Å². The number of hydrogen-bond donors (Lipinski definition) is 2. The minimum absolute atomic E-state index is 0.00833. The van der Waals surface area contributed by atoms with E-state index in [0.717, 1.165) is 47.6 Å². The predicted molar refractivity (Wildman–Crippen MR) is 92.9 cm³/mol. The lowest BCUT2D eigenvalue weighted by molar-refractivity contribution is 0.242. The summed E-state index contributed by atoms with van der Waals surface area (Å²) in [4.78, 5) is 29.8. The van der Waals surface area contributed by atoms with Crippen molar-refractivity contribution in [1.29, 1.82) is 0 Å². The molecule has 0 saturated carbocycles. The summed E-state index contributed by atoms with van der Waals surface area (Å²) >= 11 is 0. The van der Waals surface area contributed by atoms with Crippen LogP contribution >= 0.6 is 0 Å². The number of aromatic nitrogens is 4. The maximum absolute atomic E-state index is 12.4. The van der Waals surface area contributed by atoms with Gasteiger partial charge in [0.2, 0.25) is 0 Å². The highest BCUT2D eigenvalue weighted by Gasteiger charge is 2.22. The second-order valence-electron chi connectivity index (χ2n) is 6.71. The topological polar surface area (TPSA) is 77.7 Å². The van der Waals surface area contributed by atoms with Crippen LogP contribution in [-0.2, 0) is 19.5 Å². The van der Waals surface area contributed by atoms with Crippen LogP contribution in [0.3, 0.4) is 0 Å². The van der Waals surface area contributed by atoms with Gasteiger partial charge >= 0.3 is 0 Å². The van der Waals surface area contributed by atoms with Crippen molar-refractivity contribution in [2.24, 2.45) is 0 Å². The van der Waals surface area contributed by atoms with Gasteiger partial charge in [-0.3, -0.25) is 9.69 Å². The molecule has 0 atom stereocenters. The van der Waals surface area contributed by atoms with Gasteiger partial charge in [-0.15, -0.1) is 0 Å². The molecule has 4 heterocycles. The fourth-order valence-electron chi connectivity index (χ4n) is 3.29. The van der Waals surface area contributed by atoms with Crippen molar-refractivity contribution >= 4 is 11.0 Å². The summed E-state index contributed by atoms with van der Waals surface area (Å²) in [6.07, 6.45) is 4.62. The lowest BCUT2D eigenvalue weighted by atomic mass is 10.0. The third-order valence-electron chi connectivity index (χ3n) is 4.64. The molecule has 6 heteroatoms. The number of fused-ring (bicyclic) bond motifs is 2. The second kappa shape index (κ2) is 5.87. The van der Waals surface area contributed by atoms with E-state index in [2.05, 4.69) is 30.9 Å². The number of aromatic amines is 2. The highest BCUT2D eigenvalue weighted by molar-refractivity contribution is 5.79. The average Bonchev–Trinajstić information content (AvgIpc) is 2.98.